The maximum Gasteiger partial charge on any atom is 0.290 e. The number of nitrogens with one attached hydrogen (secondary N) is 4. The van der Waals surface area contributed by atoms with Crippen molar-refractivity contribution in [3.63, 3.8) is 0 Å². The van der Waals surface area contributed by atoms with Gasteiger partial charge in [0, 0.05) is 26.7 Å². The molecule has 1 aliphatic rings. The van der Waals surface area contributed by atoms with Gasteiger partial charge in [0.2, 0.25) is 29.4 Å². The highest BCUT2D eigenvalue weighted by Gasteiger charge is 2.32. The smallest absolute Gasteiger partial charge is 0.290 e. The molecule has 15 heteroatoms. The second-order valence-electron chi connectivity index (χ2n) is 15.4. The molecule has 340 valence electrons. The second kappa shape index (κ2) is 31.7. The molecule has 3 rings (SSSR count). The SMILES string of the molecule is C1CCCCC1.CCCC(NC(=O)C(CC)N(CC)C(=O)CNC(=O)Cc1cc(C)cc(OCCCOC)c1)C(=O)C(=O)NCC(=O)NC(C=O)c1ccccc1.CN(C)C. The van der Waals surface area contributed by atoms with Crippen molar-refractivity contribution in [2.45, 2.75) is 116 Å². The summed E-state index contributed by atoms with van der Waals surface area (Å²) in [6.07, 6.45) is 11.1. The van der Waals surface area contributed by atoms with Gasteiger partial charge >= 0.3 is 0 Å². The van der Waals surface area contributed by atoms with Crippen molar-refractivity contribution < 1.29 is 43.0 Å². The van der Waals surface area contributed by atoms with Crippen LogP contribution < -0.4 is 26.0 Å². The third-order valence-corrected chi connectivity index (χ3v) is 9.36. The van der Waals surface area contributed by atoms with E-state index in [0.717, 1.165) is 12.0 Å². The number of nitrogens with zero attached hydrogens (tertiary/aromatic N) is 2. The van der Waals surface area contributed by atoms with Gasteiger partial charge in [-0.25, -0.2) is 0 Å². The van der Waals surface area contributed by atoms with Gasteiger partial charge in [-0.2, -0.15) is 0 Å². The summed E-state index contributed by atoms with van der Waals surface area (Å²) in [6, 6.07) is 10.9. The minimum absolute atomic E-state index is 0.0163. The number of amides is 5. The first-order valence-corrected chi connectivity index (χ1v) is 21.5. The molecule has 0 aliphatic heterocycles. The molecule has 2 aromatic carbocycles. The Labute approximate surface area is 363 Å². The summed E-state index contributed by atoms with van der Waals surface area (Å²) in [6.45, 7) is 7.34. The Morgan fingerprint density at radius 1 is 0.803 bits per heavy atom. The molecular formula is C46H72N6O9. The number of carbonyl (C=O) groups is 7. The highest BCUT2D eigenvalue weighted by atomic mass is 16.5. The Bertz CT molecular complexity index is 1620. The van der Waals surface area contributed by atoms with Crippen LogP contribution in [0, 0.1) is 6.92 Å². The van der Waals surface area contributed by atoms with Gasteiger partial charge in [-0.1, -0.05) is 95.2 Å². The van der Waals surface area contributed by atoms with Crippen LogP contribution >= 0.6 is 0 Å². The maximum absolute atomic E-state index is 13.4. The van der Waals surface area contributed by atoms with Gasteiger partial charge in [-0.3, -0.25) is 28.8 Å². The zero-order chi connectivity index (χ0) is 45.6. The number of ketones is 1. The van der Waals surface area contributed by atoms with Crippen LogP contribution in [0.1, 0.15) is 108 Å². The molecule has 4 N–H and O–H groups in total. The zero-order valence-corrected chi connectivity index (χ0v) is 37.8. The molecule has 0 spiro atoms. The van der Waals surface area contributed by atoms with E-state index in [2.05, 4.69) is 21.3 Å². The van der Waals surface area contributed by atoms with Crippen LogP contribution in [0.4, 0.5) is 0 Å². The van der Waals surface area contributed by atoms with E-state index in [-0.39, 0.29) is 38.3 Å². The molecule has 1 fully saturated rings. The van der Waals surface area contributed by atoms with Crippen LogP contribution in [0.15, 0.2) is 48.5 Å². The number of hydrogen-bond donors (Lipinski definition) is 4. The monoisotopic (exact) mass is 853 g/mol. The van der Waals surface area contributed by atoms with Crippen LogP contribution in [-0.2, 0) is 44.7 Å². The molecule has 0 aromatic heterocycles. The third kappa shape index (κ3) is 22.9. The normalized spacial score (nSPS) is 13.3. The average molecular weight is 853 g/mol. The first-order chi connectivity index (χ1) is 29.2. The number of rotatable bonds is 23. The van der Waals surface area contributed by atoms with E-state index < -0.39 is 54.1 Å². The first kappa shape index (κ1) is 53.9. The third-order valence-electron chi connectivity index (χ3n) is 9.36. The van der Waals surface area contributed by atoms with Gasteiger partial charge in [0.15, 0.2) is 0 Å². The van der Waals surface area contributed by atoms with Crippen molar-refractivity contribution in [2.75, 3.05) is 61.1 Å². The number of carbonyl (C=O) groups excluding carboxylic acids is 7. The van der Waals surface area contributed by atoms with Gasteiger partial charge < -0.3 is 45.3 Å². The highest BCUT2D eigenvalue weighted by molar-refractivity contribution is 6.38. The van der Waals surface area contributed by atoms with Crippen LogP contribution in [0.25, 0.3) is 0 Å². The van der Waals surface area contributed by atoms with Crippen LogP contribution in [-0.4, -0.2) is 125 Å². The summed E-state index contributed by atoms with van der Waals surface area (Å²) in [7, 11) is 7.62. The Morgan fingerprint density at radius 2 is 1.43 bits per heavy atom. The molecule has 0 radical (unpaired) electrons. The van der Waals surface area contributed by atoms with E-state index in [1.54, 1.807) is 64.3 Å². The summed E-state index contributed by atoms with van der Waals surface area (Å²) >= 11 is 0. The number of aldehydes is 1. The number of methoxy groups -OCH3 is 1. The Hall–Kier alpha value is -5.15. The summed E-state index contributed by atoms with van der Waals surface area (Å²) in [5.74, 6) is -3.60. The van der Waals surface area contributed by atoms with E-state index in [9.17, 15) is 33.6 Å². The van der Waals surface area contributed by atoms with Crippen molar-refractivity contribution in [3.8, 4) is 5.75 Å². The molecule has 0 bridgehead atoms. The summed E-state index contributed by atoms with van der Waals surface area (Å²) in [4.78, 5) is 92.4. The molecule has 3 unspecified atom stereocenters. The van der Waals surface area contributed by atoms with Crippen LogP contribution in [0.5, 0.6) is 5.75 Å². The molecule has 61 heavy (non-hydrogen) atoms. The van der Waals surface area contributed by atoms with Gasteiger partial charge in [-0.05, 0) is 76.7 Å². The topological polar surface area (TPSA) is 193 Å². The van der Waals surface area contributed by atoms with Gasteiger partial charge in [0.25, 0.3) is 5.91 Å². The predicted molar refractivity (Wildman–Crippen MR) is 237 cm³/mol. The van der Waals surface area contributed by atoms with E-state index in [4.69, 9.17) is 9.47 Å². The lowest BCUT2D eigenvalue weighted by Crippen LogP contribution is -2.56. The highest BCUT2D eigenvalue weighted by Crippen LogP contribution is 2.18. The van der Waals surface area contributed by atoms with Crippen molar-refractivity contribution >= 4 is 41.6 Å². The molecule has 1 saturated carbocycles. The predicted octanol–water partition coefficient (Wildman–Crippen LogP) is 4.24. The number of benzene rings is 2. The first-order valence-electron chi connectivity index (χ1n) is 21.5. The number of aryl methyl sites for hydroxylation is 1. The molecule has 15 nitrogen and oxygen atoms in total. The molecule has 0 saturated heterocycles. The van der Waals surface area contributed by atoms with E-state index in [1.165, 1.54) is 43.4 Å². The van der Waals surface area contributed by atoms with Gasteiger partial charge in [0.1, 0.15) is 24.1 Å². The molecule has 3 atom stereocenters. The quantitative estimate of drug-likeness (QED) is 0.0715. The molecular weight excluding hydrogens is 781 g/mol. The lowest BCUT2D eigenvalue weighted by Gasteiger charge is -2.30. The van der Waals surface area contributed by atoms with E-state index in [0.29, 0.717) is 42.8 Å². The van der Waals surface area contributed by atoms with Crippen LogP contribution in [0.3, 0.4) is 0 Å². The average Bonchev–Trinajstić information content (AvgIpc) is 3.24. The second-order valence-corrected chi connectivity index (χ2v) is 15.4. The Balaban J connectivity index is 0.00000164. The number of likely N-dealkylation sites (N-methyl/N-ethyl adjacent to an activating group) is 1. The number of hydrogen-bond acceptors (Lipinski definition) is 10. The molecule has 0 heterocycles. The minimum Gasteiger partial charge on any atom is -0.493 e. The molecule has 5 amide bonds. The van der Waals surface area contributed by atoms with Crippen LogP contribution in [0.2, 0.25) is 0 Å². The number of ether oxygens (including phenoxy) is 2. The standard InChI is InChI=1S/C37H51N5O9.C6H12.C3H9N/c1-6-13-29(35(47)37(49)39-22-33(45)40-30(24-43)27-14-10-9-11-15-27)41-36(48)31(7-2)42(8-3)34(46)23-38-32(44)21-26-18-25(4)19-28(20-26)51-17-12-16-50-5;1-2-4-6-5-3-1;1-4(2)3/h9-11,14-15,18-20,24,29-31H,6-8,12-13,16-17,21-23H2,1-5H3,(H,38,44)(H,39,49)(H,40,45)(H,41,48);1-6H2;1-3H3. The van der Waals surface area contributed by atoms with Crippen molar-refractivity contribution in [1.29, 1.82) is 0 Å². The summed E-state index contributed by atoms with van der Waals surface area (Å²) in [5, 5.41) is 9.96. The fraction of sp³-hybridized carbons (Fsp3) is 0.587. The Kier molecular flexibility index (Phi) is 28.0. The maximum atomic E-state index is 13.4. The molecule has 1 aliphatic carbocycles. The minimum atomic E-state index is -1.21. The Morgan fingerprint density at radius 3 is 1.97 bits per heavy atom. The lowest BCUT2D eigenvalue weighted by atomic mass is 10.0. The van der Waals surface area contributed by atoms with Crippen molar-refractivity contribution in [3.05, 3.63) is 65.2 Å². The van der Waals surface area contributed by atoms with E-state index >= 15 is 0 Å². The largest absolute Gasteiger partial charge is 0.493 e. The van der Waals surface area contributed by atoms with Crippen molar-refractivity contribution in [2.24, 2.45) is 0 Å². The van der Waals surface area contributed by atoms with Gasteiger partial charge in [-0.15, -0.1) is 0 Å². The summed E-state index contributed by atoms with van der Waals surface area (Å²) in [5.41, 5.74) is 2.19. The van der Waals surface area contributed by atoms with Gasteiger partial charge in [0.05, 0.1) is 32.2 Å². The molecule has 2 aromatic rings. The summed E-state index contributed by atoms with van der Waals surface area (Å²) < 4.78 is 10.8. The number of Topliss-reactive ketones (excluding diaryl/α,β-unsaturated/α-hetero) is 1. The van der Waals surface area contributed by atoms with E-state index in [1.807, 2.05) is 45.1 Å². The zero-order valence-electron chi connectivity index (χ0n) is 37.8. The fourth-order valence-corrected chi connectivity index (χ4v) is 6.42. The lowest BCUT2D eigenvalue weighted by molar-refractivity contribution is -0.143. The van der Waals surface area contributed by atoms with Crippen molar-refractivity contribution in [1.82, 2.24) is 31.1 Å². The fourth-order valence-electron chi connectivity index (χ4n) is 6.42.